The monoisotopic (exact) mass is 382 g/mol. The van der Waals surface area contributed by atoms with E-state index >= 15 is 0 Å². The third-order valence-corrected chi connectivity index (χ3v) is 4.25. The third kappa shape index (κ3) is 3.37. The zero-order valence-electron chi connectivity index (χ0n) is 15.2. The van der Waals surface area contributed by atoms with Crippen molar-refractivity contribution in [1.29, 1.82) is 0 Å². The average Bonchev–Trinajstić information content (AvgIpc) is 2.98. The molecule has 0 saturated carbocycles. The van der Waals surface area contributed by atoms with Gasteiger partial charge in [-0.1, -0.05) is 0 Å². The molecule has 0 unspecified atom stereocenters. The predicted octanol–water partition coefficient (Wildman–Crippen LogP) is 1.15. The van der Waals surface area contributed by atoms with Crippen molar-refractivity contribution in [3.63, 3.8) is 0 Å². The molecule has 28 heavy (non-hydrogen) atoms. The molecular formula is C19H18N4O5. The normalized spacial score (nSPS) is 17.7. The largest absolute Gasteiger partial charge is 0.497 e. The molecule has 1 fully saturated rings. The van der Waals surface area contributed by atoms with E-state index in [9.17, 15) is 14.4 Å². The maximum absolute atomic E-state index is 12.8. The molecule has 2 aromatic carbocycles. The van der Waals surface area contributed by atoms with Crippen LogP contribution >= 0.6 is 0 Å². The number of hydrazone groups is 1. The van der Waals surface area contributed by atoms with Crippen LogP contribution in [0.4, 0.5) is 11.4 Å². The minimum Gasteiger partial charge on any atom is -0.497 e. The van der Waals surface area contributed by atoms with Gasteiger partial charge < -0.3 is 20.6 Å². The zero-order valence-corrected chi connectivity index (χ0v) is 15.2. The summed E-state index contributed by atoms with van der Waals surface area (Å²) in [6.07, 6.45) is 0. The number of methoxy groups -OCH3 is 2. The van der Waals surface area contributed by atoms with Crippen LogP contribution in [0.15, 0.2) is 53.6 Å². The Morgan fingerprint density at radius 1 is 1.00 bits per heavy atom. The molecule has 144 valence electrons. The minimum atomic E-state index is -1.44. The number of benzene rings is 2. The Labute approximate surface area is 160 Å². The van der Waals surface area contributed by atoms with Gasteiger partial charge in [0.1, 0.15) is 17.2 Å². The number of hydrogen-bond acceptors (Lipinski definition) is 7. The highest BCUT2D eigenvalue weighted by molar-refractivity contribution is 6.61. The highest BCUT2D eigenvalue weighted by Gasteiger charge is 2.49. The fourth-order valence-electron chi connectivity index (χ4n) is 2.81. The molecule has 0 bridgehead atoms. The number of nitrogens with one attached hydrogen (secondary N) is 1. The van der Waals surface area contributed by atoms with E-state index in [1.807, 2.05) is 0 Å². The van der Waals surface area contributed by atoms with Crippen molar-refractivity contribution in [3.05, 3.63) is 48.5 Å². The average molecular weight is 382 g/mol. The van der Waals surface area contributed by atoms with E-state index in [1.165, 1.54) is 26.4 Å². The van der Waals surface area contributed by atoms with Gasteiger partial charge in [0.2, 0.25) is 5.91 Å². The molecule has 0 aliphatic carbocycles. The van der Waals surface area contributed by atoms with Gasteiger partial charge in [-0.3, -0.25) is 14.4 Å². The molecule has 9 heteroatoms. The van der Waals surface area contributed by atoms with Crippen molar-refractivity contribution in [3.8, 4) is 11.5 Å². The number of hydrogen-bond donors (Lipinski definition) is 2. The second-order valence-corrected chi connectivity index (χ2v) is 5.84. The van der Waals surface area contributed by atoms with Crippen molar-refractivity contribution in [2.45, 2.75) is 0 Å². The zero-order chi connectivity index (χ0) is 20.3. The summed E-state index contributed by atoms with van der Waals surface area (Å²) in [5.41, 5.74) is 0.397. The van der Waals surface area contributed by atoms with Crippen molar-refractivity contribution < 1.29 is 23.9 Å². The Hall–Kier alpha value is -3.88. The molecule has 9 nitrogen and oxygen atoms in total. The van der Waals surface area contributed by atoms with Crippen LogP contribution in [0.25, 0.3) is 0 Å². The number of nitrogens with two attached hydrogens (primary N) is 1. The minimum absolute atomic E-state index is 0.289. The number of anilines is 2. The molecule has 3 N–H and O–H groups in total. The van der Waals surface area contributed by atoms with Crippen LogP contribution in [-0.2, 0) is 14.4 Å². The molecule has 1 heterocycles. The standard InChI is InChI=1S/C19H18N4O5/c1-27-13-7-3-11(4-8-13)21-17(24)15-16(22-20)19(26)23(18(15)25)12-5-9-14(28-2)10-6-12/h3-10,15H,20H2,1-2H3,(H,21,24)/b22-16+/t15-/m0/s1. The summed E-state index contributed by atoms with van der Waals surface area (Å²) in [5, 5.41) is 5.99. The molecule has 1 saturated heterocycles. The van der Waals surface area contributed by atoms with E-state index in [0.29, 0.717) is 17.2 Å². The van der Waals surface area contributed by atoms with Crippen LogP contribution in [0, 0.1) is 5.92 Å². The second kappa shape index (κ2) is 7.78. The van der Waals surface area contributed by atoms with E-state index in [-0.39, 0.29) is 11.4 Å². The number of amides is 3. The lowest BCUT2D eigenvalue weighted by atomic mass is 10.1. The number of ether oxygens (including phenoxy) is 2. The number of nitrogens with zero attached hydrogens (tertiary/aromatic N) is 2. The topological polar surface area (TPSA) is 123 Å². The van der Waals surface area contributed by atoms with Gasteiger partial charge in [0.05, 0.1) is 19.9 Å². The number of imide groups is 1. The van der Waals surface area contributed by atoms with Gasteiger partial charge in [-0.15, -0.1) is 0 Å². The number of rotatable bonds is 5. The van der Waals surface area contributed by atoms with Crippen molar-refractivity contribution in [2.24, 2.45) is 16.9 Å². The van der Waals surface area contributed by atoms with E-state index in [1.54, 1.807) is 36.4 Å². The van der Waals surface area contributed by atoms with Crippen LogP contribution in [-0.4, -0.2) is 37.7 Å². The quantitative estimate of drug-likeness (QED) is 0.346. The maximum atomic E-state index is 12.8. The molecule has 1 aliphatic rings. The molecule has 3 amide bonds. The first kappa shape index (κ1) is 18.9. The van der Waals surface area contributed by atoms with Crippen molar-refractivity contribution in [2.75, 3.05) is 24.4 Å². The third-order valence-electron chi connectivity index (χ3n) is 4.25. The highest BCUT2D eigenvalue weighted by atomic mass is 16.5. The van der Waals surface area contributed by atoms with Crippen LogP contribution in [0.5, 0.6) is 11.5 Å². The first-order chi connectivity index (χ1) is 13.5. The van der Waals surface area contributed by atoms with E-state index in [0.717, 1.165) is 4.90 Å². The summed E-state index contributed by atoms with van der Waals surface area (Å²) in [7, 11) is 3.02. The van der Waals surface area contributed by atoms with Gasteiger partial charge in [-0.05, 0) is 48.5 Å². The van der Waals surface area contributed by atoms with Gasteiger partial charge in [0.25, 0.3) is 11.8 Å². The summed E-state index contributed by atoms with van der Waals surface area (Å²) < 4.78 is 10.1. The van der Waals surface area contributed by atoms with E-state index < -0.39 is 23.6 Å². The van der Waals surface area contributed by atoms with Gasteiger partial charge in [0.15, 0.2) is 5.92 Å². The molecule has 0 spiro atoms. The van der Waals surface area contributed by atoms with Crippen LogP contribution in [0.3, 0.4) is 0 Å². The first-order valence-corrected chi connectivity index (χ1v) is 8.25. The molecule has 0 radical (unpaired) electrons. The van der Waals surface area contributed by atoms with Gasteiger partial charge in [-0.2, -0.15) is 5.10 Å². The van der Waals surface area contributed by atoms with Crippen LogP contribution in [0.2, 0.25) is 0 Å². The molecular weight excluding hydrogens is 364 g/mol. The Morgan fingerprint density at radius 2 is 1.54 bits per heavy atom. The smallest absolute Gasteiger partial charge is 0.282 e. The molecule has 1 atom stereocenters. The summed E-state index contributed by atoms with van der Waals surface area (Å²) >= 11 is 0. The van der Waals surface area contributed by atoms with Gasteiger partial charge in [0, 0.05) is 5.69 Å². The molecule has 1 aliphatic heterocycles. The Morgan fingerprint density at radius 3 is 2.04 bits per heavy atom. The lowest BCUT2D eigenvalue weighted by molar-refractivity contribution is -0.127. The summed E-state index contributed by atoms with van der Waals surface area (Å²) in [6, 6.07) is 12.8. The Bertz CT molecular complexity index is 938. The van der Waals surface area contributed by atoms with Gasteiger partial charge in [-0.25, -0.2) is 4.90 Å². The lowest BCUT2D eigenvalue weighted by Crippen LogP contribution is -2.34. The Kier molecular flexibility index (Phi) is 5.25. The summed E-state index contributed by atoms with van der Waals surface area (Å²) in [4.78, 5) is 39.0. The van der Waals surface area contributed by atoms with Crippen LogP contribution in [0.1, 0.15) is 0 Å². The highest BCUT2D eigenvalue weighted by Crippen LogP contribution is 2.28. The second-order valence-electron chi connectivity index (χ2n) is 5.84. The molecule has 3 rings (SSSR count). The molecule has 2 aromatic rings. The predicted molar refractivity (Wildman–Crippen MR) is 102 cm³/mol. The summed E-state index contributed by atoms with van der Waals surface area (Å²) in [6.45, 7) is 0. The van der Waals surface area contributed by atoms with Crippen molar-refractivity contribution in [1.82, 2.24) is 0 Å². The van der Waals surface area contributed by atoms with Crippen LogP contribution < -0.4 is 25.5 Å². The van der Waals surface area contributed by atoms with E-state index in [2.05, 4.69) is 10.4 Å². The first-order valence-electron chi connectivity index (χ1n) is 8.25. The maximum Gasteiger partial charge on any atom is 0.282 e. The number of carbonyl (C=O) groups excluding carboxylic acids is 3. The SMILES string of the molecule is COc1ccc(NC(=O)[C@H]2C(=O)N(c3ccc(OC)cc3)C(=O)/C2=N/N)cc1. The lowest BCUT2D eigenvalue weighted by Gasteiger charge is -2.14. The van der Waals surface area contributed by atoms with Gasteiger partial charge >= 0.3 is 0 Å². The van der Waals surface area contributed by atoms with Crippen molar-refractivity contribution >= 4 is 34.8 Å². The van der Waals surface area contributed by atoms with E-state index in [4.69, 9.17) is 15.3 Å². The summed E-state index contributed by atoms with van der Waals surface area (Å²) in [5.74, 6) is 2.85. The Balaban J connectivity index is 1.86. The fraction of sp³-hybridized carbons (Fsp3) is 0.158. The molecule has 0 aromatic heterocycles. The number of carbonyl (C=O) groups is 3. The fourth-order valence-corrected chi connectivity index (χ4v) is 2.81.